The Balaban J connectivity index is 2.93. The Morgan fingerprint density at radius 1 is 1.17 bits per heavy atom. The lowest BCUT2D eigenvalue weighted by Crippen LogP contribution is -2.33. The first-order valence-electron chi connectivity index (χ1n) is 6.28. The molecule has 0 saturated heterocycles. The van der Waals surface area contributed by atoms with Gasteiger partial charge in [-0.15, -0.1) is 0 Å². The molecular formula is C14H22N2O2. The SMILES string of the molecule is CCCN(CCN(C)C)c1ccccc1C(=O)O. The number of nitrogens with zero attached hydrogens (tertiary/aromatic N) is 2. The van der Waals surface area contributed by atoms with Crippen molar-refractivity contribution in [2.75, 3.05) is 38.6 Å². The highest BCUT2D eigenvalue weighted by Gasteiger charge is 2.14. The molecule has 0 saturated carbocycles. The van der Waals surface area contributed by atoms with Crippen molar-refractivity contribution in [2.45, 2.75) is 13.3 Å². The van der Waals surface area contributed by atoms with E-state index in [4.69, 9.17) is 0 Å². The summed E-state index contributed by atoms with van der Waals surface area (Å²) in [5.41, 5.74) is 1.19. The van der Waals surface area contributed by atoms with E-state index in [-0.39, 0.29) is 0 Å². The lowest BCUT2D eigenvalue weighted by atomic mass is 10.1. The molecule has 0 unspecified atom stereocenters. The summed E-state index contributed by atoms with van der Waals surface area (Å²) in [6.07, 6.45) is 1.00. The van der Waals surface area contributed by atoms with Gasteiger partial charge in [-0.2, -0.15) is 0 Å². The molecule has 0 radical (unpaired) electrons. The Bertz CT molecular complexity index is 391. The first kappa shape index (κ1) is 14.5. The summed E-state index contributed by atoms with van der Waals surface area (Å²) < 4.78 is 0. The van der Waals surface area contributed by atoms with E-state index in [0.29, 0.717) is 5.56 Å². The van der Waals surface area contributed by atoms with Gasteiger partial charge in [0.15, 0.2) is 0 Å². The molecule has 0 amide bonds. The van der Waals surface area contributed by atoms with Crippen LogP contribution in [0.5, 0.6) is 0 Å². The molecule has 0 aliphatic heterocycles. The van der Waals surface area contributed by atoms with E-state index >= 15 is 0 Å². The molecule has 1 N–H and O–H groups in total. The molecule has 18 heavy (non-hydrogen) atoms. The minimum atomic E-state index is -0.864. The Kier molecular flexibility index (Phi) is 5.65. The summed E-state index contributed by atoms with van der Waals surface area (Å²) in [5, 5.41) is 9.22. The number of aromatic carboxylic acids is 1. The van der Waals surface area contributed by atoms with E-state index in [9.17, 15) is 9.90 Å². The van der Waals surface area contributed by atoms with Crippen LogP contribution in [0.15, 0.2) is 24.3 Å². The second-order valence-electron chi connectivity index (χ2n) is 4.61. The Hall–Kier alpha value is -1.55. The minimum Gasteiger partial charge on any atom is -0.478 e. The maximum atomic E-state index is 11.2. The maximum Gasteiger partial charge on any atom is 0.337 e. The van der Waals surface area contributed by atoms with Crippen molar-refractivity contribution in [2.24, 2.45) is 0 Å². The number of rotatable bonds is 7. The molecule has 0 fully saturated rings. The van der Waals surface area contributed by atoms with Gasteiger partial charge in [-0.1, -0.05) is 19.1 Å². The minimum absolute atomic E-state index is 0.379. The fourth-order valence-electron chi connectivity index (χ4n) is 1.87. The van der Waals surface area contributed by atoms with Gasteiger partial charge < -0.3 is 14.9 Å². The van der Waals surface area contributed by atoms with Gasteiger partial charge in [-0.25, -0.2) is 4.79 Å². The van der Waals surface area contributed by atoms with Crippen molar-refractivity contribution >= 4 is 11.7 Å². The summed E-state index contributed by atoms with van der Waals surface area (Å²) in [4.78, 5) is 15.5. The number of carbonyl (C=O) groups is 1. The fourth-order valence-corrected chi connectivity index (χ4v) is 1.87. The number of carboxylic acids is 1. The second kappa shape index (κ2) is 7.01. The predicted octanol–water partition coefficient (Wildman–Crippen LogP) is 2.16. The van der Waals surface area contributed by atoms with Gasteiger partial charge in [0.1, 0.15) is 0 Å². The third kappa shape index (κ3) is 4.04. The highest BCUT2D eigenvalue weighted by Crippen LogP contribution is 2.20. The Morgan fingerprint density at radius 2 is 1.83 bits per heavy atom. The molecule has 0 heterocycles. The fraction of sp³-hybridized carbons (Fsp3) is 0.500. The van der Waals surface area contributed by atoms with Gasteiger partial charge in [-0.3, -0.25) is 0 Å². The van der Waals surface area contributed by atoms with E-state index in [1.54, 1.807) is 12.1 Å². The number of hydrogen-bond donors (Lipinski definition) is 1. The van der Waals surface area contributed by atoms with E-state index < -0.39 is 5.97 Å². The summed E-state index contributed by atoms with van der Waals surface area (Å²) >= 11 is 0. The van der Waals surface area contributed by atoms with E-state index in [1.165, 1.54) is 0 Å². The zero-order chi connectivity index (χ0) is 13.5. The van der Waals surface area contributed by atoms with Crippen LogP contribution in [0.25, 0.3) is 0 Å². The summed E-state index contributed by atoms with van der Waals surface area (Å²) in [5.74, 6) is -0.864. The molecule has 1 aromatic carbocycles. The highest BCUT2D eigenvalue weighted by molar-refractivity contribution is 5.94. The van der Waals surface area contributed by atoms with Crippen molar-refractivity contribution in [3.8, 4) is 0 Å². The molecule has 1 aromatic rings. The molecule has 1 rings (SSSR count). The lowest BCUT2D eigenvalue weighted by molar-refractivity contribution is 0.0697. The van der Waals surface area contributed by atoms with Crippen LogP contribution in [-0.4, -0.2) is 49.7 Å². The third-order valence-corrected chi connectivity index (χ3v) is 2.79. The van der Waals surface area contributed by atoms with Gasteiger partial charge in [0.05, 0.1) is 11.3 Å². The molecule has 0 bridgehead atoms. The smallest absolute Gasteiger partial charge is 0.337 e. The van der Waals surface area contributed by atoms with E-state index in [1.807, 2.05) is 26.2 Å². The molecular weight excluding hydrogens is 228 g/mol. The molecule has 0 aromatic heterocycles. The normalized spacial score (nSPS) is 10.7. The number of carboxylic acid groups (broad SMARTS) is 1. The van der Waals surface area contributed by atoms with Crippen LogP contribution in [0.2, 0.25) is 0 Å². The van der Waals surface area contributed by atoms with Crippen LogP contribution in [0, 0.1) is 0 Å². The standard InChI is InChI=1S/C14H22N2O2/c1-4-9-16(11-10-15(2)3)13-8-6-5-7-12(13)14(17)18/h5-8H,4,9-11H2,1-3H3,(H,17,18). The summed E-state index contributed by atoms with van der Waals surface area (Å²) in [7, 11) is 4.04. The van der Waals surface area contributed by atoms with Crippen LogP contribution < -0.4 is 4.90 Å². The van der Waals surface area contributed by atoms with E-state index in [2.05, 4.69) is 16.7 Å². The topological polar surface area (TPSA) is 43.8 Å². The first-order chi connectivity index (χ1) is 8.56. The zero-order valence-electron chi connectivity index (χ0n) is 11.4. The highest BCUT2D eigenvalue weighted by atomic mass is 16.4. The quantitative estimate of drug-likeness (QED) is 0.805. The number of anilines is 1. The van der Waals surface area contributed by atoms with Crippen molar-refractivity contribution < 1.29 is 9.90 Å². The van der Waals surface area contributed by atoms with Crippen LogP contribution in [0.1, 0.15) is 23.7 Å². The molecule has 4 nitrogen and oxygen atoms in total. The van der Waals surface area contributed by atoms with Crippen LogP contribution in [0.4, 0.5) is 5.69 Å². The van der Waals surface area contributed by atoms with E-state index in [0.717, 1.165) is 31.7 Å². The van der Waals surface area contributed by atoms with Gasteiger partial charge in [0, 0.05) is 19.6 Å². The Labute approximate surface area is 109 Å². The predicted molar refractivity (Wildman–Crippen MR) is 74.5 cm³/mol. The third-order valence-electron chi connectivity index (χ3n) is 2.79. The van der Waals surface area contributed by atoms with Crippen LogP contribution in [0.3, 0.4) is 0 Å². The molecule has 0 spiro atoms. The molecule has 100 valence electrons. The number of benzene rings is 1. The van der Waals surface area contributed by atoms with Crippen molar-refractivity contribution in [1.29, 1.82) is 0 Å². The van der Waals surface area contributed by atoms with Gasteiger partial charge in [0.2, 0.25) is 0 Å². The van der Waals surface area contributed by atoms with Gasteiger partial charge in [-0.05, 0) is 32.6 Å². The molecule has 0 atom stereocenters. The average Bonchev–Trinajstić information content (AvgIpc) is 2.34. The maximum absolute atomic E-state index is 11.2. The lowest BCUT2D eigenvalue weighted by Gasteiger charge is -2.27. The van der Waals surface area contributed by atoms with Crippen molar-refractivity contribution in [3.63, 3.8) is 0 Å². The van der Waals surface area contributed by atoms with Crippen LogP contribution in [-0.2, 0) is 0 Å². The molecule has 4 heteroatoms. The van der Waals surface area contributed by atoms with Gasteiger partial charge in [0.25, 0.3) is 0 Å². The summed E-state index contributed by atoms with van der Waals surface area (Å²) in [6, 6.07) is 7.20. The average molecular weight is 250 g/mol. The number of para-hydroxylation sites is 1. The largest absolute Gasteiger partial charge is 0.478 e. The van der Waals surface area contributed by atoms with Crippen LogP contribution >= 0.6 is 0 Å². The van der Waals surface area contributed by atoms with Crippen molar-refractivity contribution in [1.82, 2.24) is 4.90 Å². The number of hydrogen-bond acceptors (Lipinski definition) is 3. The molecule has 0 aliphatic carbocycles. The van der Waals surface area contributed by atoms with Crippen molar-refractivity contribution in [3.05, 3.63) is 29.8 Å². The van der Waals surface area contributed by atoms with Gasteiger partial charge >= 0.3 is 5.97 Å². The first-order valence-corrected chi connectivity index (χ1v) is 6.28. The number of likely N-dealkylation sites (N-methyl/N-ethyl adjacent to an activating group) is 1. The zero-order valence-corrected chi connectivity index (χ0v) is 11.4. The molecule has 0 aliphatic rings. The monoisotopic (exact) mass is 250 g/mol. The summed E-state index contributed by atoms with van der Waals surface area (Å²) in [6.45, 7) is 4.73. The Morgan fingerprint density at radius 3 is 2.39 bits per heavy atom. The second-order valence-corrected chi connectivity index (χ2v) is 4.61.